The molecule has 2 aromatic rings. The Morgan fingerprint density at radius 1 is 1.30 bits per heavy atom. The van der Waals surface area contributed by atoms with Crippen molar-refractivity contribution in [3.8, 4) is 5.88 Å². The Kier molecular flexibility index (Phi) is 4.50. The smallest absolute Gasteiger partial charge is 0.272 e. The fraction of sp³-hybridized carbons (Fsp3) is 0.412. The van der Waals surface area contributed by atoms with Gasteiger partial charge in [-0.25, -0.2) is 4.98 Å². The zero-order valence-corrected chi connectivity index (χ0v) is 13.4. The molecule has 1 saturated heterocycles. The van der Waals surface area contributed by atoms with E-state index >= 15 is 0 Å². The molecule has 3 heterocycles. The third-order valence-corrected chi connectivity index (χ3v) is 3.78. The summed E-state index contributed by atoms with van der Waals surface area (Å²) in [6.45, 7) is 5.05. The van der Waals surface area contributed by atoms with Gasteiger partial charge < -0.3 is 9.64 Å². The number of pyridine rings is 1. The summed E-state index contributed by atoms with van der Waals surface area (Å²) in [4.78, 5) is 27.0. The average Bonchev–Trinajstić information content (AvgIpc) is 2.54. The van der Waals surface area contributed by atoms with Crippen LogP contribution >= 0.6 is 0 Å². The molecule has 0 bridgehead atoms. The van der Waals surface area contributed by atoms with Crippen LogP contribution in [-0.4, -0.2) is 45.0 Å². The minimum absolute atomic E-state index is 0.0473. The molecule has 1 aliphatic rings. The number of aryl methyl sites for hydroxylation is 2. The monoisotopic (exact) mass is 312 g/mol. The number of ether oxygens (including phenoxy) is 1. The lowest BCUT2D eigenvalue weighted by atomic mass is 10.1. The lowest BCUT2D eigenvalue weighted by molar-refractivity contribution is 0.0521. The predicted molar refractivity (Wildman–Crippen MR) is 85.3 cm³/mol. The number of carbonyl (C=O) groups is 1. The van der Waals surface area contributed by atoms with Gasteiger partial charge in [-0.1, -0.05) is 6.07 Å². The molecule has 1 atom stereocenters. The molecule has 1 fully saturated rings. The maximum atomic E-state index is 12.5. The van der Waals surface area contributed by atoms with Crippen LogP contribution < -0.4 is 4.74 Å². The summed E-state index contributed by atoms with van der Waals surface area (Å²) in [6, 6.07) is 7.19. The molecule has 6 heteroatoms. The van der Waals surface area contributed by atoms with Crippen molar-refractivity contribution in [1.82, 2.24) is 19.9 Å². The highest BCUT2D eigenvalue weighted by Crippen LogP contribution is 2.18. The maximum Gasteiger partial charge on any atom is 0.272 e. The number of nitrogens with zero attached hydrogens (tertiary/aromatic N) is 4. The predicted octanol–water partition coefficient (Wildman–Crippen LogP) is 2.17. The highest BCUT2D eigenvalue weighted by atomic mass is 16.5. The van der Waals surface area contributed by atoms with E-state index in [1.54, 1.807) is 23.2 Å². The van der Waals surface area contributed by atoms with E-state index in [-0.39, 0.29) is 12.0 Å². The summed E-state index contributed by atoms with van der Waals surface area (Å²) < 4.78 is 5.97. The number of carbonyl (C=O) groups excluding carboxylic acids is 1. The Labute approximate surface area is 135 Å². The van der Waals surface area contributed by atoms with Gasteiger partial charge in [0.1, 0.15) is 17.6 Å². The minimum atomic E-state index is -0.0508. The second-order valence-electron chi connectivity index (χ2n) is 5.74. The van der Waals surface area contributed by atoms with Crippen LogP contribution in [0.15, 0.2) is 30.5 Å². The average molecular weight is 312 g/mol. The van der Waals surface area contributed by atoms with Crippen LogP contribution in [0.3, 0.4) is 0 Å². The Balaban J connectivity index is 1.67. The second-order valence-corrected chi connectivity index (χ2v) is 5.74. The normalized spacial score (nSPS) is 17.8. The lowest BCUT2D eigenvalue weighted by Gasteiger charge is -2.32. The number of likely N-dealkylation sites (tertiary alicyclic amines) is 1. The van der Waals surface area contributed by atoms with Gasteiger partial charge in [0.25, 0.3) is 5.91 Å². The highest BCUT2D eigenvalue weighted by Gasteiger charge is 2.26. The summed E-state index contributed by atoms with van der Waals surface area (Å²) in [5, 5.41) is 0. The van der Waals surface area contributed by atoms with E-state index in [1.165, 1.54) is 0 Å². The summed E-state index contributed by atoms with van der Waals surface area (Å²) in [7, 11) is 0. The summed E-state index contributed by atoms with van der Waals surface area (Å²) >= 11 is 0. The number of hydrogen-bond acceptors (Lipinski definition) is 5. The van der Waals surface area contributed by atoms with Crippen molar-refractivity contribution in [1.29, 1.82) is 0 Å². The molecule has 120 valence electrons. The van der Waals surface area contributed by atoms with Crippen LogP contribution in [0.4, 0.5) is 0 Å². The first-order valence-electron chi connectivity index (χ1n) is 7.81. The molecule has 2 aromatic heterocycles. The van der Waals surface area contributed by atoms with E-state index in [9.17, 15) is 4.79 Å². The van der Waals surface area contributed by atoms with Gasteiger partial charge in [-0.3, -0.25) is 9.78 Å². The zero-order valence-electron chi connectivity index (χ0n) is 13.4. The third kappa shape index (κ3) is 3.83. The SMILES string of the molecule is Cc1cc(OC2CCCN(C(=O)c3ccccn3)C2)nc(C)n1. The van der Waals surface area contributed by atoms with Crippen molar-refractivity contribution in [2.45, 2.75) is 32.8 Å². The van der Waals surface area contributed by atoms with E-state index < -0.39 is 0 Å². The van der Waals surface area contributed by atoms with Gasteiger partial charge in [0.05, 0.1) is 6.54 Å². The zero-order chi connectivity index (χ0) is 16.2. The number of aromatic nitrogens is 3. The van der Waals surface area contributed by atoms with E-state index in [4.69, 9.17) is 4.74 Å². The number of hydrogen-bond donors (Lipinski definition) is 0. The number of amides is 1. The standard InChI is InChI=1S/C17H20N4O2/c1-12-10-16(20-13(2)19-12)23-14-6-5-9-21(11-14)17(22)15-7-3-4-8-18-15/h3-4,7-8,10,14H,5-6,9,11H2,1-2H3. The molecule has 6 nitrogen and oxygen atoms in total. The van der Waals surface area contributed by atoms with Crippen molar-refractivity contribution < 1.29 is 9.53 Å². The topological polar surface area (TPSA) is 68.2 Å². The van der Waals surface area contributed by atoms with Crippen molar-refractivity contribution in [3.63, 3.8) is 0 Å². The minimum Gasteiger partial charge on any atom is -0.472 e. The maximum absolute atomic E-state index is 12.5. The largest absolute Gasteiger partial charge is 0.472 e. The molecule has 0 N–H and O–H groups in total. The van der Waals surface area contributed by atoms with Crippen LogP contribution in [0.2, 0.25) is 0 Å². The molecular formula is C17H20N4O2. The van der Waals surface area contributed by atoms with Crippen LogP contribution in [0.25, 0.3) is 0 Å². The van der Waals surface area contributed by atoms with Crippen molar-refractivity contribution in [2.24, 2.45) is 0 Å². The summed E-state index contributed by atoms with van der Waals surface area (Å²) in [5.41, 5.74) is 1.35. The molecular weight excluding hydrogens is 292 g/mol. The van der Waals surface area contributed by atoms with Gasteiger partial charge in [-0.05, 0) is 38.8 Å². The molecule has 1 aliphatic heterocycles. The second kappa shape index (κ2) is 6.73. The molecule has 0 spiro atoms. The molecule has 0 radical (unpaired) electrons. The quantitative estimate of drug-likeness (QED) is 0.869. The highest BCUT2D eigenvalue weighted by molar-refractivity contribution is 5.92. The molecule has 0 aliphatic carbocycles. The van der Waals surface area contributed by atoms with Crippen molar-refractivity contribution in [2.75, 3.05) is 13.1 Å². The molecule has 23 heavy (non-hydrogen) atoms. The fourth-order valence-electron chi connectivity index (χ4n) is 2.78. The van der Waals surface area contributed by atoms with Gasteiger partial charge in [0.15, 0.2) is 0 Å². The molecule has 0 aromatic carbocycles. The van der Waals surface area contributed by atoms with Crippen molar-refractivity contribution >= 4 is 5.91 Å². The van der Waals surface area contributed by atoms with E-state index in [1.807, 2.05) is 26.0 Å². The third-order valence-electron chi connectivity index (χ3n) is 3.78. The Bertz CT molecular complexity index is 670. The van der Waals surface area contributed by atoms with Gasteiger partial charge in [0, 0.05) is 24.5 Å². The molecule has 1 amide bonds. The first kappa shape index (κ1) is 15.4. The van der Waals surface area contributed by atoms with Crippen LogP contribution in [0.1, 0.15) is 34.8 Å². The van der Waals surface area contributed by atoms with Gasteiger partial charge in [-0.2, -0.15) is 4.98 Å². The summed E-state index contributed by atoms with van der Waals surface area (Å²) in [6.07, 6.45) is 3.41. The van der Waals surface area contributed by atoms with E-state index in [0.29, 0.717) is 23.9 Å². The number of piperidine rings is 1. The molecule has 0 saturated carbocycles. The van der Waals surface area contributed by atoms with E-state index in [2.05, 4.69) is 15.0 Å². The van der Waals surface area contributed by atoms with Gasteiger partial charge >= 0.3 is 0 Å². The Hall–Kier alpha value is -2.50. The Morgan fingerprint density at radius 3 is 2.91 bits per heavy atom. The van der Waals surface area contributed by atoms with Crippen LogP contribution in [-0.2, 0) is 0 Å². The molecule has 3 rings (SSSR count). The molecule has 1 unspecified atom stereocenters. The van der Waals surface area contributed by atoms with Gasteiger partial charge in [-0.15, -0.1) is 0 Å². The lowest BCUT2D eigenvalue weighted by Crippen LogP contribution is -2.44. The van der Waals surface area contributed by atoms with Crippen molar-refractivity contribution in [3.05, 3.63) is 47.7 Å². The number of rotatable bonds is 3. The fourth-order valence-corrected chi connectivity index (χ4v) is 2.78. The van der Waals surface area contributed by atoms with Crippen LogP contribution in [0.5, 0.6) is 5.88 Å². The van der Waals surface area contributed by atoms with E-state index in [0.717, 1.165) is 25.1 Å². The van der Waals surface area contributed by atoms with Gasteiger partial charge in [0.2, 0.25) is 5.88 Å². The van der Waals surface area contributed by atoms with Crippen LogP contribution in [0, 0.1) is 13.8 Å². The first-order chi connectivity index (χ1) is 11.1. The Morgan fingerprint density at radius 2 is 2.17 bits per heavy atom. The summed E-state index contributed by atoms with van der Waals surface area (Å²) in [5.74, 6) is 1.22. The first-order valence-corrected chi connectivity index (χ1v) is 7.81.